The van der Waals surface area contributed by atoms with Crippen molar-refractivity contribution in [2.45, 2.75) is 26.3 Å². The molecule has 0 atom stereocenters. The van der Waals surface area contributed by atoms with E-state index in [1.165, 1.54) is 25.1 Å². The van der Waals surface area contributed by atoms with Crippen LogP contribution in [0.4, 0.5) is 15.8 Å². The van der Waals surface area contributed by atoms with Gasteiger partial charge in [-0.2, -0.15) is 0 Å². The third kappa shape index (κ3) is 10.8. The molecule has 0 unspecified atom stereocenters. The van der Waals surface area contributed by atoms with Crippen molar-refractivity contribution in [3.63, 3.8) is 0 Å². The molecule has 170 valence electrons. The predicted molar refractivity (Wildman–Crippen MR) is 135 cm³/mol. The second kappa shape index (κ2) is 18.2. The molecule has 0 aliphatic rings. The van der Waals surface area contributed by atoms with Gasteiger partial charge in [-0.25, -0.2) is 4.39 Å². The number of nitrogens with one attached hydrogen (secondary N) is 1. The lowest BCUT2D eigenvalue weighted by atomic mass is 10.0. The number of anilines is 2. The molecule has 3 aromatic carbocycles. The molecule has 0 aliphatic heterocycles. The summed E-state index contributed by atoms with van der Waals surface area (Å²) in [6.07, 6.45) is 3.07. The van der Waals surface area contributed by atoms with Crippen molar-refractivity contribution in [3.8, 4) is 0 Å². The highest BCUT2D eigenvalue weighted by Crippen LogP contribution is 2.24. The maximum absolute atomic E-state index is 13.9. The average molecular weight is 447 g/mol. The number of nitrogen functional groups attached to an aromatic ring is 1. The van der Waals surface area contributed by atoms with Gasteiger partial charge < -0.3 is 22.5 Å². The van der Waals surface area contributed by atoms with Gasteiger partial charge in [0, 0.05) is 31.6 Å². The monoisotopic (exact) mass is 446 g/mol. The van der Waals surface area contributed by atoms with E-state index in [1.54, 1.807) is 6.07 Å². The lowest BCUT2D eigenvalue weighted by molar-refractivity contribution is 0.628. The molecule has 6 heteroatoms. The van der Waals surface area contributed by atoms with Crippen LogP contribution in [0.5, 0.6) is 0 Å². The number of nitrogens with two attached hydrogens (primary N) is 3. The molecule has 0 heterocycles. The van der Waals surface area contributed by atoms with Gasteiger partial charge >= 0.3 is 0 Å². The van der Waals surface area contributed by atoms with Gasteiger partial charge in [0.2, 0.25) is 0 Å². The Morgan fingerprint density at radius 3 is 1.97 bits per heavy atom. The quantitative estimate of drug-likeness (QED) is 0.301. The third-order valence-corrected chi connectivity index (χ3v) is 4.17. The van der Waals surface area contributed by atoms with E-state index in [0.717, 1.165) is 29.8 Å². The molecular weight excluding hydrogens is 411 g/mol. The Balaban J connectivity index is 0.000000625. The fourth-order valence-electron chi connectivity index (χ4n) is 2.68. The first-order chi connectivity index (χ1) is 15.2. The highest BCUT2D eigenvalue weighted by atomic mass is 35.5. The molecule has 7 N–H and O–H groups in total. The number of rotatable bonds is 6. The molecule has 0 bridgehead atoms. The summed E-state index contributed by atoms with van der Waals surface area (Å²) in [6, 6.07) is 22.8. The molecule has 0 fully saturated rings. The van der Waals surface area contributed by atoms with Crippen molar-refractivity contribution in [2.75, 3.05) is 31.0 Å². The Bertz CT molecular complexity index is 829. The van der Waals surface area contributed by atoms with Gasteiger partial charge in [-0.15, -0.1) is 11.6 Å². The van der Waals surface area contributed by atoms with Crippen molar-refractivity contribution in [1.29, 1.82) is 0 Å². The summed E-state index contributed by atoms with van der Waals surface area (Å²) in [4.78, 5) is 0. The van der Waals surface area contributed by atoms with Gasteiger partial charge in [-0.05, 0) is 42.3 Å². The van der Waals surface area contributed by atoms with Gasteiger partial charge in [0.25, 0.3) is 0 Å². The van der Waals surface area contributed by atoms with Crippen molar-refractivity contribution < 1.29 is 4.39 Å². The molecule has 0 aliphatic carbocycles. The van der Waals surface area contributed by atoms with E-state index >= 15 is 0 Å². The zero-order valence-corrected chi connectivity index (χ0v) is 19.5. The second-order valence-electron chi connectivity index (χ2n) is 6.27. The molecule has 3 rings (SSSR count). The van der Waals surface area contributed by atoms with Crippen LogP contribution in [0.1, 0.15) is 30.0 Å². The minimum absolute atomic E-state index is 0.208. The summed E-state index contributed by atoms with van der Waals surface area (Å²) >= 11 is 4.64. The largest absolute Gasteiger partial charge is 0.398 e. The Hall–Kier alpha value is -2.60. The van der Waals surface area contributed by atoms with Gasteiger partial charge in [-0.1, -0.05) is 67.6 Å². The summed E-state index contributed by atoms with van der Waals surface area (Å²) in [5.74, 6) is -0.208. The first-order valence-corrected chi connectivity index (χ1v) is 11.0. The molecule has 31 heavy (non-hydrogen) atoms. The maximum atomic E-state index is 13.9. The van der Waals surface area contributed by atoms with Crippen molar-refractivity contribution in [2.24, 2.45) is 11.5 Å². The lowest BCUT2D eigenvalue weighted by Crippen LogP contribution is -2.06. The van der Waals surface area contributed by atoms with Crippen LogP contribution in [0.15, 0.2) is 72.8 Å². The van der Waals surface area contributed by atoms with Gasteiger partial charge in [0.15, 0.2) is 0 Å². The lowest BCUT2D eigenvalue weighted by Gasteiger charge is -2.13. The predicted octanol–water partition coefficient (Wildman–Crippen LogP) is 5.40. The van der Waals surface area contributed by atoms with Crippen molar-refractivity contribution >= 4 is 23.0 Å². The summed E-state index contributed by atoms with van der Waals surface area (Å²) < 4.78 is 13.9. The van der Waals surface area contributed by atoms with Crippen LogP contribution in [-0.2, 0) is 13.0 Å². The standard InChI is InChI=1S/C16H19FN2.C7H9N.CH3Cl.CH5N/c1-2-10-19-16-13(7-5-8-14(16)17)11-12-6-3-4-9-15(12)18;8-6-7-4-2-1-3-5-7;2*1-2/h3-9,19H,2,10-11,18H2,1H3;1-5H,6,8H2;1H3;2H2,1H3. The molecule has 0 spiro atoms. The SMILES string of the molecule is CCCNc1c(F)cccc1Cc1ccccc1N.CCl.CN.NCc1ccccc1. The minimum Gasteiger partial charge on any atom is -0.398 e. The van der Waals surface area contributed by atoms with Crippen LogP contribution in [-0.4, -0.2) is 20.0 Å². The normalized spacial score (nSPS) is 9.13. The molecule has 3 aromatic rings. The van der Waals surface area contributed by atoms with Crippen LogP contribution >= 0.6 is 11.6 Å². The van der Waals surface area contributed by atoms with Gasteiger partial charge in [-0.3, -0.25) is 0 Å². The average Bonchev–Trinajstić information content (AvgIpc) is 2.84. The van der Waals surface area contributed by atoms with E-state index in [4.69, 9.17) is 11.5 Å². The number of para-hydroxylation sites is 2. The number of hydrogen-bond donors (Lipinski definition) is 4. The van der Waals surface area contributed by atoms with E-state index in [2.05, 4.69) is 29.6 Å². The zero-order chi connectivity index (χ0) is 23.5. The fraction of sp³-hybridized carbons (Fsp3) is 0.280. The molecule has 0 saturated carbocycles. The Kier molecular flexibility index (Phi) is 16.7. The number of halogens is 2. The Labute approximate surface area is 191 Å². The summed E-state index contributed by atoms with van der Waals surface area (Å²) in [7, 11) is 1.50. The Morgan fingerprint density at radius 2 is 1.42 bits per heavy atom. The van der Waals surface area contributed by atoms with Crippen LogP contribution in [0.3, 0.4) is 0 Å². The Morgan fingerprint density at radius 1 is 0.839 bits per heavy atom. The van der Waals surface area contributed by atoms with Crippen LogP contribution in [0.2, 0.25) is 0 Å². The van der Waals surface area contributed by atoms with Crippen LogP contribution in [0.25, 0.3) is 0 Å². The molecule has 0 aromatic heterocycles. The highest BCUT2D eigenvalue weighted by molar-refractivity contribution is 6.15. The summed E-state index contributed by atoms with van der Waals surface area (Å²) in [6.45, 7) is 3.46. The first kappa shape index (κ1) is 28.4. The topological polar surface area (TPSA) is 90.1 Å². The number of alkyl halides is 1. The van der Waals surface area contributed by atoms with E-state index in [-0.39, 0.29) is 5.82 Å². The summed E-state index contributed by atoms with van der Waals surface area (Å²) in [5.41, 5.74) is 20.3. The molecule has 0 radical (unpaired) electrons. The first-order valence-electron chi connectivity index (χ1n) is 10.2. The van der Waals surface area contributed by atoms with Crippen molar-refractivity contribution in [1.82, 2.24) is 0 Å². The zero-order valence-electron chi connectivity index (χ0n) is 18.7. The molecular formula is C25H36ClFN4. The number of hydrogen-bond acceptors (Lipinski definition) is 4. The molecule has 0 amide bonds. The van der Waals surface area contributed by atoms with E-state index in [0.29, 0.717) is 18.7 Å². The summed E-state index contributed by atoms with van der Waals surface area (Å²) in [5, 5.41) is 3.16. The smallest absolute Gasteiger partial charge is 0.146 e. The van der Waals surface area contributed by atoms with E-state index < -0.39 is 0 Å². The molecule has 4 nitrogen and oxygen atoms in total. The van der Waals surface area contributed by atoms with Crippen LogP contribution in [0, 0.1) is 5.82 Å². The third-order valence-electron chi connectivity index (χ3n) is 4.17. The van der Waals surface area contributed by atoms with Gasteiger partial charge in [0.05, 0.1) is 5.69 Å². The fourth-order valence-corrected chi connectivity index (χ4v) is 2.68. The van der Waals surface area contributed by atoms with E-state index in [1.807, 2.05) is 60.7 Å². The maximum Gasteiger partial charge on any atom is 0.146 e. The van der Waals surface area contributed by atoms with Crippen molar-refractivity contribution in [3.05, 3.63) is 95.3 Å². The van der Waals surface area contributed by atoms with Crippen LogP contribution < -0.4 is 22.5 Å². The minimum atomic E-state index is -0.208. The second-order valence-corrected chi connectivity index (χ2v) is 6.27. The van der Waals surface area contributed by atoms with Gasteiger partial charge in [0.1, 0.15) is 5.82 Å². The van der Waals surface area contributed by atoms with E-state index in [9.17, 15) is 4.39 Å². The highest BCUT2D eigenvalue weighted by Gasteiger charge is 2.09. The molecule has 0 saturated heterocycles. The number of benzene rings is 3.